The molecule has 32 heavy (non-hydrogen) atoms. The summed E-state index contributed by atoms with van der Waals surface area (Å²) in [6, 6.07) is 17.0. The number of aromatic carboxylic acids is 1. The van der Waals surface area contributed by atoms with Crippen LogP contribution < -0.4 is 5.56 Å². The largest absolute Gasteiger partial charge is 0.478 e. The molecule has 0 saturated heterocycles. The zero-order valence-corrected chi connectivity index (χ0v) is 17.1. The average molecular weight is 448 g/mol. The van der Waals surface area contributed by atoms with Gasteiger partial charge in [-0.1, -0.05) is 29.8 Å². The third-order valence-electron chi connectivity index (χ3n) is 4.77. The van der Waals surface area contributed by atoms with E-state index in [0.717, 1.165) is 0 Å². The predicted molar refractivity (Wildman–Crippen MR) is 121 cm³/mol. The van der Waals surface area contributed by atoms with Crippen LogP contribution in [0.3, 0.4) is 0 Å². The first kappa shape index (κ1) is 21.0. The van der Waals surface area contributed by atoms with Crippen LogP contribution in [-0.2, 0) is 0 Å². The van der Waals surface area contributed by atoms with Crippen molar-refractivity contribution >= 4 is 46.3 Å². The number of halogens is 1. The van der Waals surface area contributed by atoms with Crippen LogP contribution >= 0.6 is 11.6 Å². The summed E-state index contributed by atoms with van der Waals surface area (Å²) in [4.78, 5) is 39.7. The van der Waals surface area contributed by atoms with Crippen molar-refractivity contribution < 1.29 is 14.8 Å². The van der Waals surface area contributed by atoms with E-state index in [4.69, 9.17) is 11.6 Å². The number of nitro groups is 1. The summed E-state index contributed by atoms with van der Waals surface area (Å²) in [5, 5.41) is 20.7. The van der Waals surface area contributed by atoms with Gasteiger partial charge in [-0.15, -0.1) is 0 Å². The summed E-state index contributed by atoms with van der Waals surface area (Å²) in [6.45, 7) is 0. The number of nitrogens with zero attached hydrogens (tertiary/aromatic N) is 3. The van der Waals surface area contributed by atoms with Gasteiger partial charge in [0.15, 0.2) is 0 Å². The van der Waals surface area contributed by atoms with Crippen LogP contribution in [0, 0.1) is 10.1 Å². The number of hydrogen-bond acceptors (Lipinski definition) is 5. The molecule has 0 amide bonds. The highest BCUT2D eigenvalue weighted by Gasteiger charge is 2.15. The Morgan fingerprint density at radius 3 is 2.47 bits per heavy atom. The lowest BCUT2D eigenvalue weighted by atomic mass is 10.1. The van der Waals surface area contributed by atoms with E-state index in [2.05, 4.69) is 4.98 Å². The molecule has 0 aliphatic carbocycles. The van der Waals surface area contributed by atoms with Gasteiger partial charge in [-0.3, -0.25) is 19.5 Å². The molecule has 0 bridgehead atoms. The predicted octanol–water partition coefficient (Wildman–Crippen LogP) is 4.82. The molecule has 3 aromatic carbocycles. The molecule has 0 saturated carbocycles. The van der Waals surface area contributed by atoms with Crippen molar-refractivity contribution in [3.8, 4) is 5.69 Å². The number of aromatic nitrogens is 2. The maximum Gasteiger partial charge on any atom is 0.337 e. The molecule has 0 unspecified atom stereocenters. The van der Waals surface area contributed by atoms with E-state index in [1.807, 2.05) is 0 Å². The topological polar surface area (TPSA) is 115 Å². The lowest BCUT2D eigenvalue weighted by Crippen LogP contribution is -2.22. The van der Waals surface area contributed by atoms with E-state index < -0.39 is 10.9 Å². The van der Waals surface area contributed by atoms with Crippen LogP contribution in [0.2, 0.25) is 5.02 Å². The van der Waals surface area contributed by atoms with Gasteiger partial charge in [0.2, 0.25) is 0 Å². The number of rotatable bonds is 5. The Kier molecular flexibility index (Phi) is 5.53. The molecule has 0 aliphatic heterocycles. The Bertz CT molecular complexity index is 1460. The summed E-state index contributed by atoms with van der Waals surface area (Å²) in [5.41, 5.74) is 0.868. The molecule has 158 valence electrons. The van der Waals surface area contributed by atoms with E-state index in [1.165, 1.54) is 34.9 Å². The van der Waals surface area contributed by atoms with E-state index in [1.54, 1.807) is 48.6 Å². The lowest BCUT2D eigenvalue weighted by Gasteiger charge is -2.12. The standard InChI is InChI=1S/C23H14ClN3O5/c24-19-11-10-16(13-18(19)23(29)30)26-21(25-20-4-2-1-3-17(20)22(26)28)12-7-14-5-8-15(9-6-14)27(31)32/h1-13H,(H,29,30). The second kappa shape index (κ2) is 8.44. The number of fused-ring (bicyclic) bond motifs is 1. The SMILES string of the molecule is O=C(O)c1cc(-n2c(C=Cc3ccc([N+](=O)[O-])cc3)nc3ccccc3c2=O)ccc1Cl. The summed E-state index contributed by atoms with van der Waals surface area (Å²) >= 11 is 5.98. The maximum absolute atomic E-state index is 13.3. The van der Waals surface area contributed by atoms with E-state index in [0.29, 0.717) is 22.2 Å². The number of hydrogen-bond donors (Lipinski definition) is 1. The summed E-state index contributed by atoms with van der Waals surface area (Å²) in [7, 11) is 0. The molecule has 0 fully saturated rings. The fraction of sp³-hybridized carbons (Fsp3) is 0. The van der Waals surface area contributed by atoms with E-state index in [-0.39, 0.29) is 27.7 Å². The lowest BCUT2D eigenvalue weighted by molar-refractivity contribution is -0.384. The summed E-state index contributed by atoms with van der Waals surface area (Å²) < 4.78 is 1.30. The fourth-order valence-electron chi connectivity index (χ4n) is 3.21. The Morgan fingerprint density at radius 2 is 1.78 bits per heavy atom. The van der Waals surface area contributed by atoms with Crippen molar-refractivity contribution in [1.29, 1.82) is 0 Å². The van der Waals surface area contributed by atoms with Gasteiger partial charge in [0.1, 0.15) is 5.82 Å². The van der Waals surface area contributed by atoms with Crippen molar-refractivity contribution in [3.63, 3.8) is 0 Å². The monoisotopic (exact) mass is 447 g/mol. The van der Waals surface area contributed by atoms with Crippen molar-refractivity contribution in [2.24, 2.45) is 0 Å². The first-order valence-electron chi connectivity index (χ1n) is 9.33. The molecule has 0 radical (unpaired) electrons. The van der Waals surface area contributed by atoms with Crippen molar-refractivity contribution in [1.82, 2.24) is 9.55 Å². The van der Waals surface area contributed by atoms with Crippen LogP contribution in [0.5, 0.6) is 0 Å². The van der Waals surface area contributed by atoms with Gasteiger partial charge in [-0.25, -0.2) is 9.78 Å². The second-order valence-electron chi connectivity index (χ2n) is 6.78. The normalized spacial score (nSPS) is 11.2. The first-order chi connectivity index (χ1) is 15.3. The molecule has 4 aromatic rings. The molecule has 9 heteroatoms. The van der Waals surface area contributed by atoms with E-state index >= 15 is 0 Å². The van der Waals surface area contributed by atoms with Gasteiger partial charge < -0.3 is 5.11 Å². The minimum Gasteiger partial charge on any atom is -0.478 e. The number of carboxylic acids is 1. The first-order valence-corrected chi connectivity index (χ1v) is 9.70. The number of para-hydroxylation sites is 1. The van der Waals surface area contributed by atoms with Gasteiger partial charge in [0.05, 0.1) is 32.1 Å². The Hall–Kier alpha value is -4.30. The third-order valence-corrected chi connectivity index (χ3v) is 5.10. The van der Waals surface area contributed by atoms with Gasteiger partial charge in [0, 0.05) is 12.1 Å². The van der Waals surface area contributed by atoms with Gasteiger partial charge in [0.25, 0.3) is 11.2 Å². The maximum atomic E-state index is 13.3. The zero-order valence-electron chi connectivity index (χ0n) is 16.3. The molecule has 4 rings (SSSR count). The molecule has 1 N–H and O–H groups in total. The second-order valence-corrected chi connectivity index (χ2v) is 7.19. The molecule has 1 aromatic heterocycles. The number of nitro benzene ring substituents is 1. The quantitative estimate of drug-likeness (QED) is 0.346. The molecular weight excluding hydrogens is 434 g/mol. The van der Waals surface area contributed by atoms with Crippen LogP contribution in [0.25, 0.3) is 28.7 Å². The molecule has 0 atom stereocenters. The number of carbonyl (C=O) groups is 1. The number of non-ortho nitro benzene ring substituents is 1. The highest BCUT2D eigenvalue weighted by molar-refractivity contribution is 6.33. The Labute approximate surface area is 185 Å². The molecule has 0 spiro atoms. The van der Waals surface area contributed by atoms with Crippen LogP contribution in [0.1, 0.15) is 21.7 Å². The molecular formula is C23H14ClN3O5. The van der Waals surface area contributed by atoms with Crippen molar-refractivity contribution in [2.45, 2.75) is 0 Å². The highest BCUT2D eigenvalue weighted by atomic mass is 35.5. The molecule has 8 nitrogen and oxygen atoms in total. The highest BCUT2D eigenvalue weighted by Crippen LogP contribution is 2.22. The third kappa shape index (κ3) is 3.99. The number of benzene rings is 3. The van der Waals surface area contributed by atoms with Crippen molar-refractivity contribution in [2.75, 3.05) is 0 Å². The van der Waals surface area contributed by atoms with Crippen LogP contribution in [0.15, 0.2) is 71.5 Å². The van der Waals surface area contributed by atoms with Crippen molar-refractivity contribution in [3.05, 3.63) is 109 Å². The van der Waals surface area contributed by atoms with Gasteiger partial charge in [-0.05, 0) is 54.1 Å². The molecule has 1 heterocycles. The fourth-order valence-corrected chi connectivity index (χ4v) is 3.40. The van der Waals surface area contributed by atoms with E-state index in [9.17, 15) is 24.8 Å². The minimum atomic E-state index is -1.22. The Balaban J connectivity index is 1.90. The number of carboxylic acid groups (broad SMARTS) is 1. The minimum absolute atomic E-state index is 0.0368. The van der Waals surface area contributed by atoms with Gasteiger partial charge in [-0.2, -0.15) is 0 Å². The van der Waals surface area contributed by atoms with Gasteiger partial charge >= 0.3 is 5.97 Å². The molecule has 0 aliphatic rings. The summed E-state index contributed by atoms with van der Waals surface area (Å²) in [5.74, 6) is -0.965. The summed E-state index contributed by atoms with van der Waals surface area (Å²) in [6.07, 6.45) is 3.24. The average Bonchev–Trinajstić information content (AvgIpc) is 2.78. The zero-order chi connectivity index (χ0) is 22.8. The smallest absolute Gasteiger partial charge is 0.337 e. The Morgan fingerprint density at radius 1 is 1.06 bits per heavy atom. The van der Waals surface area contributed by atoms with Crippen LogP contribution in [-0.4, -0.2) is 25.6 Å². The van der Waals surface area contributed by atoms with Crippen LogP contribution in [0.4, 0.5) is 5.69 Å².